The number of thiazole rings is 1. The SMILES string of the molecule is Cc1cnc(C(C)NC(=O)C2CCCC(C(=O)O)C2)s1. The van der Waals surface area contributed by atoms with Crippen molar-refractivity contribution in [2.75, 3.05) is 0 Å². The molecule has 0 aliphatic heterocycles. The molecule has 2 N–H and O–H groups in total. The molecule has 0 bridgehead atoms. The first kappa shape index (κ1) is 15.0. The Kier molecular flexibility index (Phi) is 4.75. The molecule has 3 unspecified atom stereocenters. The lowest BCUT2D eigenvalue weighted by atomic mass is 9.81. The fraction of sp³-hybridized carbons (Fsp3) is 0.643. The molecule has 2 rings (SSSR count). The van der Waals surface area contributed by atoms with Gasteiger partial charge in [-0.15, -0.1) is 11.3 Å². The summed E-state index contributed by atoms with van der Waals surface area (Å²) in [6.45, 7) is 3.89. The molecule has 3 atom stereocenters. The van der Waals surface area contributed by atoms with Gasteiger partial charge >= 0.3 is 5.97 Å². The smallest absolute Gasteiger partial charge is 0.306 e. The number of hydrogen-bond acceptors (Lipinski definition) is 4. The van der Waals surface area contributed by atoms with Gasteiger partial charge in [0.05, 0.1) is 12.0 Å². The molecule has 0 aromatic carbocycles. The van der Waals surface area contributed by atoms with E-state index in [4.69, 9.17) is 5.11 Å². The van der Waals surface area contributed by atoms with Gasteiger partial charge in [-0.05, 0) is 33.1 Å². The fourth-order valence-electron chi connectivity index (χ4n) is 2.62. The zero-order valence-electron chi connectivity index (χ0n) is 11.8. The number of carbonyl (C=O) groups is 2. The summed E-state index contributed by atoms with van der Waals surface area (Å²) in [5, 5.41) is 12.9. The molecule has 1 heterocycles. The third-order valence-corrected chi connectivity index (χ3v) is 4.86. The molecule has 1 aliphatic carbocycles. The number of hydrogen-bond donors (Lipinski definition) is 2. The molecule has 110 valence electrons. The maximum absolute atomic E-state index is 12.2. The maximum atomic E-state index is 12.2. The first-order valence-corrected chi connectivity index (χ1v) is 7.74. The lowest BCUT2D eigenvalue weighted by Gasteiger charge is -2.26. The van der Waals surface area contributed by atoms with Crippen molar-refractivity contribution in [1.29, 1.82) is 0 Å². The Morgan fingerprint density at radius 2 is 2.15 bits per heavy atom. The summed E-state index contributed by atoms with van der Waals surface area (Å²) in [6, 6.07) is -0.119. The summed E-state index contributed by atoms with van der Waals surface area (Å²) >= 11 is 1.57. The monoisotopic (exact) mass is 296 g/mol. The third-order valence-electron chi connectivity index (χ3n) is 3.76. The average Bonchev–Trinajstić information content (AvgIpc) is 2.85. The number of nitrogens with one attached hydrogen (secondary N) is 1. The van der Waals surface area contributed by atoms with Crippen LogP contribution in [0.3, 0.4) is 0 Å². The minimum atomic E-state index is -0.786. The van der Waals surface area contributed by atoms with Crippen LogP contribution in [0, 0.1) is 18.8 Å². The van der Waals surface area contributed by atoms with Crippen LogP contribution < -0.4 is 5.32 Å². The molecule has 1 saturated carbocycles. The highest BCUT2D eigenvalue weighted by atomic mass is 32.1. The van der Waals surface area contributed by atoms with Crippen molar-refractivity contribution in [1.82, 2.24) is 10.3 Å². The largest absolute Gasteiger partial charge is 0.481 e. The molecular weight excluding hydrogens is 276 g/mol. The molecule has 0 saturated heterocycles. The van der Waals surface area contributed by atoms with Crippen LogP contribution in [0.5, 0.6) is 0 Å². The first-order chi connectivity index (χ1) is 9.47. The van der Waals surface area contributed by atoms with Crippen molar-refractivity contribution in [2.45, 2.75) is 45.6 Å². The van der Waals surface area contributed by atoms with Gasteiger partial charge in [0.25, 0.3) is 0 Å². The predicted octanol–water partition coefficient (Wildman–Crippen LogP) is 2.52. The second-order valence-electron chi connectivity index (χ2n) is 5.44. The highest BCUT2D eigenvalue weighted by Gasteiger charge is 2.31. The minimum Gasteiger partial charge on any atom is -0.481 e. The van der Waals surface area contributed by atoms with Gasteiger partial charge in [0.15, 0.2) is 0 Å². The number of carboxylic acid groups (broad SMARTS) is 1. The van der Waals surface area contributed by atoms with Gasteiger partial charge in [-0.25, -0.2) is 4.98 Å². The van der Waals surface area contributed by atoms with E-state index in [-0.39, 0.29) is 23.8 Å². The van der Waals surface area contributed by atoms with Crippen LogP contribution >= 0.6 is 11.3 Å². The number of aliphatic carboxylic acids is 1. The summed E-state index contributed by atoms with van der Waals surface area (Å²) in [6.07, 6.45) is 4.51. The zero-order chi connectivity index (χ0) is 14.7. The van der Waals surface area contributed by atoms with Crippen LogP contribution in [0.1, 0.15) is 48.5 Å². The lowest BCUT2D eigenvalue weighted by molar-refractivity contribution is -0.144. The Labute approximate surface area is 122 Å². The molecule has 6 heteroatoms. The molecule has 1 aromatic heterocycles. The van der Waals surface area contributed by atoms with Crippen LogP contribution in [0.25, 0.3) is 0 Å². The second kappa shape index (κ2) is 6.35. The van der Waals surface area contributed by atoms with Crippen molar-refractivity contribution >= 4 is 23.2 Å². The van der Waals surface area contributed by atoms with Crippen LogP contribution in [0.15, 0.2) is 6.20 Å². The van der Waals surface area contributed by atoms with Crippen molar-refractivity contribution in [3.05, 3.63) is 16.1 Å². The van der Waals surface area contributed by atoms with Gasteiger partial charge in [-0.1, -0.05) is 6.42 Å². The topological polar surface area (TPSA) is 79.3 Å². The molecule has 5 nitrogen and oxygen atoms in total. The van der Waals surface area contributed by atoms with E-state index in [0.717, 1.165) is 22.7 Å². The van der Waals surface area contributed by atoms with Crippen LogP contribution in [0.2, 0.25) is 0 Å². The number of carbonyl (C=O) groups excluding carboxylic acids is 1. The van der Waals surface area contributed by atoms with E-state index in [1.54, 1.807) is 17.5 Å². The molecule has 1 fully saturated rings. The van der Waals surface area contributed by atoms with E-state index >= 15 is 0 Å². The zero-order valence-corrected chi connectivity index (χ0v) is 12.6. The first-order valence-electron chi connectivity index (χ1n) is 6.93. The Morgan fingerprint density at radius 1 is 1.45 bits per heavy atom. The van der Waals surface area contributed by atoms with Crippen molar-refractivity contribution in [3.63, 3.8) is 0 Å². The molecule has 1 amide bonds. The molecular formula is C14H20N2O3S. The third kappa shape index (κ3) is 3.56. The average molecular weight is 296 g/mol. The van der Waals surface area contributed by atoms with E-state index in [1.807, 2.05) is 13.8 Å². The Balaban J connectivity index is 1.92. The van der Waals surface area contributed by atoms with Gasteiger partial charge in [0.1, 0.15) is 5.01 Å². The van der Waals surface area contributed by atoms with Gasteiger partial charge in [-0.3, -0.25) is 9.59 Å². The van der Waals surface area contributed by atoms with E-state index < -0.39 is 5.97 Å². The van der Waals surface area contributed by atoms with Gasteiger partial charge < -0.3 is 10.4 Å². The van der Waals surface area contributed by atoms with Gasteiger partial charge in [0.2, 0.25) is 5.91 Å². The Morgan fingerprint density at radius 3 is 2.75 bits per heavy atom. The van der Waals surface area contributed by atoms with Crippen LogP contribution in [-0.4, -0.2) is 22.0 Å². The lowest BCUT2D eigenvalue weighted by Crippen LogP contribution is -2.36. The highest BCUT2D eigenvalue weighted by molar-refractivity contribution is 7.11. The molecule has 1 aliphatic rings. The van der Waals surface area contributed by atoms with E-state index in [1.165, 1.54) is 0 Å². The minimum absolute atomic E-state index is 0.0451. The number of rotatable bonds is 4. The summed E-state index contributed by atoms with van der Waals surface area (Å²) in [5.74, 6) is -1.40. The van der Waals surface area contributed by atoms with Crippen molar-refractivity contribution < 1.29 is 14.7 Å². The molecule has 20 heavy (non-hydrogen) atoms. The number of amides is 1. The Bertz CT molecular complexity index is 500. The quantitative estimate of drug-likeness (QED) is 0.894. The van der Waals surface area contributed by atoms with E-state index in [2.05, 4.69) is 10.3 Å². The van der Waals surface area contributed by atoms with Crippen molar-refractivity contribution in [3.8, 4) is 0 Å². The van der Waals surface area contributed by atoms with E-state index in [9.17, 15) is 9.59 Å². The summed E-state index contributed by atoms with van der Waals surface area (Å²) in [7, 11) is 0. The fourth-order valence-corrected chi connectivity index (χ4v) is 3.39. The predicted molar refractivity (Wildman–Crippen MR) is 76.5 cm³/mol. The number of carboxylic acids is 1. The Hall–Kier alpha value is -1.43. The number of aromatic nitrogens is 1. The summed E-state index contributed by atoms with van der Waals surface area (Å²) < 4.78 is 0. The molecule has 0 radical (unpaired) electrons. The summed E-state index contributed by atoms with van der Waals surface area (Å²) in [5.41, 5.74) is 0. The van der Waals surface area contributed by atoms with Gasteiger partial charge in [-0.2, -0.15) is 0 Å². The summed E-state index contributed by atoms with van der Waals surface area (Å²) in [4.78, 5) is 28.6. The molecule has 1 aromatic rings. The second-order valence-corrected chi connectivity index (χ2v) is 6.70. The highest BCUT2D eigenvalue weighted by Crippen LogP contribution is 2.30. The normalized spacial score (nSPS) is 24.1. The maximum Gasteiger partial charge on any atom is 0.306 e. The number of aryl methyl sites for hydroxylation is 1. The molecule has 0 spiro atoms. The van der Waals surface area contributed by atoms with Crippen LogP contribution in [-0.2, 0) is 9.59 Å². The van der Waals surface area contributed by atoms with Gasteiger partial charge in [0, 0.05) is 17.0 Å². The number of nitrogens with zero attached hydrogens (tertiary/aromatic N) is 1. The standard InChI is InChI=1S/C14H20N2O3S/c1-8-7-15-13(20-8)9(2)16-12(17)10-4-3-5-11(6-10)14(18)19/h7,9-11H,3-6H2,1-2H3,(H,16,17)(H,18,19). The van der Waals surface area contributed by atoms with Crippen molar-refractivity contribution in [2.24, 2.45) is 11.8 Å². The van der Waals surface area contributed by atoms with E-state index in [0.29, 0.717) is 12.8 Å². The van der Waals surface area contributed by atoms with Crippen LogP contribution in [0.4, 0.5) is 0 Å².